The molecule has 0 spiro atoms. The number of aromatic nitrogens is 4. The van der Waals surface area contributed by atoms with Crippen LogP contribution in [-0.2, 0) is 0 Å². The van der Waals surface area contributed by atoms with E-state index in [9.17, 15) is 0 Å². The quantitative estimate of drug-likeness (QED) is 0.229. The summed E-state index contributed by atoms with van der Waals surface area (Å²) in [6.07, 6.45) is 1.77. The fraction of sp³-hybridized carbons (Fsp3) is 0.172. The summed E-state index contributed by atoms with van der Waals surface area (Å²) in [5.41, 5.74) is 4.46. The highest BCUT2D eigenvalue weighted by Gasteiger charge is 2.19. The number of likely N-dealkylation sites (N-methyl/N-ethyl adjacent to an activating group) is 1. The van der Waals surface area contributed by atoms with Crippen LogP contribution >= 0.6 is 11.6 Å². The van der Waals surface area contributed by atoms with Crippen LogP contribution in [0.1, 0.15) is 0 Å². The molecule has 1 aliphatic rings. The Balaban J connectivity index is 1.27. The highest BCUT2D eigenvalue weighted by Crippen LogP contribution is 2.29. The number of piperazine rings is 1. The second-order valence-corrected chi connectivity index (χ2v) is 9.85. The van der Waals surface area contributed by atoms with Crippen LogP contribution in [0, 0.1) is 0 Å². The zero-order valence-electron chi connectivity index (χ0n) is 21.5. The summed E-state index contributed by atoms with van der Waals surface area (Å²) < 4.78 is 0. The van der Waals surface area contributed by atoms with Crippen molar-refractivity contribution in [3.63, 3.8) is 0 Å². The second kappa shape index (κ2) is 11.1. The molecule has 0 aliphatic carbocycles. The number of benzene rings is 3. The van der Waals surface area contributed by atoms with Crippen molar-refractivity contribution < 1.29 is 0 Å². The van der Waals surface area contributed by atoms with Gasteiger partial charge < -0.3 is 25.8 Å². The van der Waals surface area contributed by atoms with E-state index in [4.69, 9.17) is 21.6 Å². The van der Waals surface area contributed by atoms with E-state index in [1.807, 2.05) is 78.9 Å². The Hall–Kier alpha value is -4.47. The van der Waals surface area contributed by atoms with Crippen LogP contribution in [0.5, 0.6) is 0 Å². The zero-order chi connectivity index (χ0) is 26.6. The molecule has 9 nitrogen and oxygen atoms in total. The first-order chi connectivity index (χ1) is 19.1. The summed E-state index contributed by atoms with van der Waals surface area (Å²) in [4.78, 5) is 23.1. The maximum atomic E-state index is 6.16. The second-order valence-electron chi connectivity index (χ2n) is 9.41. The first-order valence-electron chi connectivity index (χ1n) is 12.8. The number of hydrogen-bond acceptors (Lipinski definition) is 9. The summed E-state index contributed by atoms with van der Waals surface area (Å²) in [7, 11) is 2.13. The Kier molecular flexibility index (Phi) is 7.07. The van der Waals surface area contributed by atoms with Crippen LogP contribution < -0.4 is 20.9 Å². The minimum atomic E-state index is 0.471. The normalized spacial score (nSPS) is 13.8. The third-order valence-corrected chi connectivity index (χ3v) is 6.78. The van der Waals surface area contributed by atoms with Gasteiger partial charge in [-0.1, -0.05) is 35.9 Å². The lowest BCUT2D eigenvalue weighted by Crippen LogP contribution is -2.45. The van der Waals surface area contributed by atoms with Gasteiger partial charge in [-0.3, -0.25) is 4.98 Å². The fourth-order valence-electron chi connectivity index (χ4n) is 4.46. The van der Waals surface area contributed by atoms with Gasteiger partial charge in [-0.25, -0.2) is 0 Å². The Morgan fingerprint density at radius 2 is 1.38 bits per heavy atom. The van der Waals surface area contributed by atoms with Crippen LogP contribution in [0.25, 0.3) is 10.9 Å². The molecule has 1 fully saturated rings. The molecule has 5 aromatic rings. The Morgan fingerprint density at radius 1 is 0.692 bits per heavy atom. The molecular formula is C29H28ClN9. The van der Waals surface area contributed by atoms with E-state index in [1.54, 1.807) is 6.20 Å². The van der Waals surface area contributed by atoms with Gasteiger partial charge in [0.2, 0.25) is 17.8 Å². The molecule has 0 unspecified atom stereocenters. The number of para-hydroxylation sites is 1. The molecule has 2 aromatic heterocycles. The Bertz CT molecular complexity index is 1590. The Morgan fingerprint density at radius 3 is 2.15 bits per heavy atom. The molecule has 0 bridgehead atoms. The SMILES string of the molecule is CN1CCN(c2nc(Nc3ccccc3)nc(Nc3cccc(Nc4ccnc5cc(Cl)ccc45)c3)n2)CC1. The molecule has 3 N–H and O–H groups in total. The Labute approximate surface area is 231 Å². The molecule has 0 amide bonds. The molecule has 1 aliphatic heterocycles. The van der Waals surface area contributed by atoms with Crippen molar-refractivity contribution in [2.75, 3.05) is 54.1 Å². The largest absolute Gasteiger partial charge is 0.355 e. The predicted molar refractivity (Wildman–Crippen MR) is 159 cm³/mol. The standard InChI is InChI=1S/C29H28ClN9/c1-38-14-16-39(17-15-38)29-36-27(33-21-6-3-2-4-7-21)35-28(37-29)34-23-9-5-8-22(19-23)32-25-12-13-31-26-18-20(30)10-11-24(25)26/h2-13,18-19H,14-17H2,1H3,(H,31,32)(H2,33,34,35,36,37). The number of halogens is 1. The van der Waals surface area contributed by atoms with Crippen LogP contribution in [0.3, 0.4) is 0 Å². The van der Waals surface area contributed by atoms with Crippen LogP contribution in [-0.4, -0.2) is 58.1 Å². The lowest BCUT2D eigenvalue weighted by Gasteiger charge is -2.32. The monoisotopic (exact) mass is 537 g/mol. The number of hydrogen-bond donors (Lipinski definition) is 3. The number of nitrogens with zero attached hydrogens (tertiary/aromatic N) is 6. The van der Waals surface area contributed by atoms with Gasteiger partial charge in [-0.05, 0) is 61.6 Å². The van der Waals surface area contributed by atoms with E-state index in [0.717, 1.165) is 59.8 Å². The summed E-state index contributed by atoms with van der Waals surface area (Å²) in [6, 6.07) is 25.6. The topological polar surface area (TPSA) is 94.1 Å². The summed E-state index contributed by atoms with van der Waals surface area (Å²) >= 11 is 6.16. The lowest BCUT2D eigenvalue weighted by atomic mass is 10.1. The van der Waals surface area contributed by atoms with Gasteiger partial charge in [0.15, 0.2) is 0 Å². The summed E-state index contributed by atoms with van der Waals surface area (Å²) in [5.74, 6) is 1.61. The summed E-state index contributed by atoms with van der Waals surface area (Å²) in [6.45, 7) is 3.63. The van der Waals surface area contributed by atoms with Gasteiger partial charge in [-0.15, -0.1) is 0 Å². The molecule has 1 saturated heterocycles. The zero-order valence-corrected chi connectivity index (χ0v) is 22.2. The molecule has 39 heavy (non-hydrogen) atoms. The molecule has 3 aromatic carbocycles. The minimum absolute atomic E-state index is 0.471. The van der Waals surface area contributed by atoms with E-state index in [2.05, 4.69) is 42.8 Å². The molecule has 10 heteroatoms. The van der Waals surface area contributed by atoms with Crippen molar-refractivity contribution in [1.29, 1.82) is 0 Å². The average Bonchev–Trinajstić information content (AvgIpc) is 2.94. The van der Waals surface area contributed by atoms with Crippen molar-refractivity contribution in [2.45, 2.75) is 0 Å². The van der Waals surface area contributed by atoms with Gasteiger partial charge in [-0.2, -0.15) is 15.0 Å². The third-order valence-electron chi connectivity index (χ3n) is 6.54. The van der Waals surface area contributed by atoms with Crippen molar-refractivity contribution in [1.82, 2.24) is 24.8 Å². The number of anilines is 7. The number of rotatable bonds is 7. The number of pyridine rings is 1. The maximum absolute atomic E-state index is 6.16. The lowest BCUT2D eigenvalue weighted by molar-refractivity contribution is 0.311. The highest BCUT2D eigenvalue weighted by atomic mass is 35.5. The smallest absolute Gasteiger partial charge is 0.233 e. The predicted octanol–water partition coefficient (Wildman–Crippen LogP) is 6.06. The van der Waals surface area contributed by atoms with Crippen molar-refractivity contribution in [3.05, 3.63) is 90.1 Å². The molecule has 0 radical (unpaired) electrons. The van der Waals surface area contributed by atoms with Gasteiger partial charge in [0, 0.05) is 65.5 Å². The van der Waals surface area contributed by atoms with Gasteiger partial charge >= 0.3 is 0 Å². The van der Waals surface area contributed by atoms with E-state index in [1.165, 1.54) is 0 Å². The molecule has 0 saturated carbocycles. The fourth-order valence-corrected chi connectivity index (χ4v) is 4.63. The van der Waals surface area contributed by atoms with Gasteiger partial charge in [0.25, 0.3) is 0 Å². The first kappa shape index (κ1) is 24.8. The van der Waals surface area contributed by atoms with Crippen molar-refractivity contribution >= 4 is 63.1 Å². The highest BCUT2D eigenvalue weighted by molar-refractivity contribution is 6.31. The number of fused-ring (bicyclic) bond motifs is 1. The van der Waals surface area contributed by atoms with Crippen LogP contribution in [0.2, 0.25) is 5.02 Å². The van der Waals surface area contributed by atoms with Crippen LogP contribution in [0.15, 0.2) is 85.1 Å². The molecule has 6 rings (SSSR count). The molecule has 196 valence electrons. The molecule has 3 heterocycles. The van der Waals surface area contributed by atoms with Crippen molar-refractivity contribution in [3.8, 4) is 0 Å². The first-order valence-corrected chi connectivity index (χ1v) is 13.2. The number of nitrogens with one attached hydrogen (secondary N) is 3. The van der Waals surface area contributed by atoms with Gasteiger partial charge in [0.1, 0.15) is 0 Å². The van der Waals surface area contributed by atoms with E-state index in [-0.39, 0.29) is 0 Å². The van der Waals surface area contributed by atoms with E-state index < -0.39 is 0 Å². The maximum Gasteiger partial charge on any atom is 0.233 e. The van der Waals surface area contributed by atoms with Crippen molar-refractivity contribution in [2.24, 2.45) is 0 Å². The van der Waals surface area contributed by atoms with E-state index in [0.29, 0.717) is 22.9 Å². The summed E-state index contributed by atoms with van der Waals surface area (Å²) in [5, 5.41) is 11.9. The average molecular weight is 538 g/mol. The molecule has 0 atom stereocenters. The van der Waals surface area contributed by atoms with Crippen LogP contribution in [0.4, 0.5) is 40.6 Å². The molecular weight excluding hydrogens is 510 g/mol. The minimum Gasteiger partial charge on any atom is -0.355 e. The third kappa shape index (κ3) is 6.00. The van der Waals surface area contributed by atoms with E-state index >= 15 is 0 Å². The van der Waals surface area contributed by atoms with Gasteiger partial charge in [0.05, 0.1) is 5.52 Å².